The first-order valence-corrected chi connectivity index (χ1v) is 11.0. The standard InChI is InChI=1S/C23H27N3O5S/c1-6-26(14-16-10-8-7-9-11-16)22(27)15(2)32-23-25-24-21(31-23)17-12-18(28-3)20(30-5)19(13-17)29-4/h7-13,15H,6,14H2,1-5H3. The fourth-order valence-electron chi connectivity index (χ4n) is 3.19. The number of thioether (sulfide) groups is 1. The van der Waals surface area contributed by atoms with E-state index in [1.165, 1.54) is 18.9 Å². The zero-order chi connectivity index (χ0) is 23.1. The van der Waals surface area contributed by atoms with Crippen molar-refractivity contribution in [3.8, 4) is 28.7 Å². The number of carbonyl (C=O) groups excluding carboxylic acids is 1. The van der Waals surface area contributed by atoms with Gasteiger partial charge in [-0.25, -0.2) is 0 Å². The van der Waals surface area contributed by atoms with E-state index in [-0.39, 0.29) is 11.2 Å². The lowest BCUT2D eigenvalue weighted by Crippen LogP contribution is -2.35. The third kappa shape index (κ3) is 5.34. The van der Waals surface area contributed by atoms with Gasteiger partial charge in [-0.05, 0) is 31.5 Å². The van der Waals surface area contributed by atoms with Crippen LogP contribution in [0.1, 0.15) is 19.4 Å². The van der Waals surface area contributed by atoms with Gasteiger partial charge in [-0.15, -0.1) is 10.2 Å². The van der Waals surface area contributed by atoms with Crippen molar-refractivity contribution in [2.45, 2.75) is 30.9 Å². The Labute approximate surface area is 191 Å². The predicted molar refractivity (Wildman–Crippen MR) is 122 cm³/mol. The van der Waals surface area contributed by atoms with E-state index in [0.717, 1.165) is 5.56 Å². The number of methoxy groups -OCH3 is 3. The molecule has 3 rings (SSSR count). The third-order valence-electron chi connectivity index (χ3n) is 4.85. The summed E-state index contributed by atoms with van der Waals surface area (Å²) in [4.78, 5) is 14.8. The van der Waals surface area contributed by atoms with Gasteiger partial charge in [-0.3, -0.25) is 4.79 Å². The molecule has 1 atom stereocenters. The summed E-state index contributed by atoms with van der Waals surface area (Å²) in [7, 11) is 4.62. The topological polar surface area (TPSA) is 86.9 Å². The van der Waals surface area contributed by atoms with Crippen LogP contribution in [-0.2, 0) is 11.3 Å². The molecule has 0 fully saturated rings. The van der Waals surface area contributed by atoms with Gasteiger partial charge in [0.05, 0.1) is 26.6 Å². The molecular weight excluding hydrogens is 430 g/mol. The summed E-state index contributed by atoms with van der Waals surface area (Å²) in [6, 6.07) is 13.4. The van der Waals surface area contributed by atoms with Crippen LogP contribution in [0.15, 0.2) is 52.1 Å². The second kappa shape index (κ2) is 10.9. The van der Waals surface area contributed by atoms with E-state index in [1.54, 1.807) is 26.4 Å². The SMILES string of the molecule is CCN(Cc1ccccc1)C(=O)C(C)Sc1nnc(-c2cc(OC)c(OC)c(OC)c2)o1. The zero-order valence-electron chi connectivity index (χ0n) is 18.8. The number of hydrogen-bond acceptors (Lipinski definition) is 8. The maximum atomic E-state index is 13.0. The van der Waals surface area contributed by atoms with Crippen LogP contribution in [0, 0.1) is 0 Å². The minimum atomic E-state index is -0.382. The molecule has 0 aliphatic rings. The van der Waals surface area contributed by atoms with Gasteiger partial charge < -0.3 is 23.5 Å². The van der Waals surface area contributed by atoms with Gasteiger partial charge in [0.25, 0.3) is 5.22 Å². The van der Waals surface area contributed by atoms with Crippen molar-refractivity contribution in [1.29, 1.82) is 0 Å². The minimum absolute atomic E-state index is 0.00823. The van der Waals surface area contributed by atoms with Gasteiger partial charge in [0.2, 0.25) is 17.5 Å². The van der Waals surface area contributed by atoms with E-state index in [0.29, 0.717) is 47.0 Å². The number of ether oxygens (including phenoxy) is 3. The van der Waals surface area contributed by atoms with Crippen LogP contribution in [0.5, 0.6) is 17.2 Å². The van der Waals surface area contributed by atoms with Crippen LogP contribution < -0.4 is 14.2 Å². The summed E-state index contributed by atoms with van der Waals surface area (Å²) in [6.45, 7) is 4.97. The Morgan fingerprint density at radius 3 is 2.28 bits per heavy atom. The van der Waals surface area contributed by atoms with Crippen LogP contribution in [0.2, 0.25) is 0 Å². The molecule has 2 aromatic carbocycles. The number of aromatic nitrogens is 2. The molecule has 0 radical (unpaired) electrons. The number of nitrogens with zero attached hydrogens (tertiary/aromatic N) is 3. The van der Waals surface area contributed by atoms with Crippen LogP contribution in [-0.4, -0.2) is 54.1 Å². The van der Waals surface area contributed by atoms with Crippen LogP contribution in [0.4, 0.5) is 0 Å². The molecule has 0 aliphatic heterocycles. The third-order valence-corrected chi connectivity index (χ3v) is 5.77. The molecular formula is C23H27N3O5S. The first kappa shape index (κ1) is 23.5. The van der Waals surface area contributed by atoms with Crippen LogP contribution in [0.3, 0.4) is 0 Å². The fourth-order valence-corrected chi connectivity index (χ4v) is 3.95. The Kier molecular flexibility index (Phi) is 7.99. The van der Waals surface area contributed by atoms with Gasteiger partial charge in [0.15, 0.2) is 11.5 Å². The molecule has 0 N–H and O–H groups in total. The van der Waals surface area contributed by atoms with Gasteiger partial charge in [-0.1, -0.05) is 42.1 Å². The molecule has 0 bridgehead atoms. The summed E-state index contributed by atoms with van der Waals surface area (Å²) >= 11 is 1.23. The number of carbonyl (C=O) groups is 1. The number of amides is 1. The zero-order valence-corrected chi connectivity index (χ0v) is 19.6. The maximum absolute atomic E-state index is 13.0. The molecule has 1 aromatic heterocycles. The summed E-state index contributed by atoms with van der Waals surface area (Å²) in [5, 5.41) is 8.15. The van der Waals surface area contributed by atoms with E-state index in [2.05, 4.69) is 10.2 Å². The molecule has 32 heavy (non-hydrogen) atoms. The smallest absolute Gasteiger partial charge is 0.277 e. The molecule has 0 saturated carbocycles. The van der Waals surface area contributed by atoms with Gasteiger partial charge in [0, 0.05) is 18.7 Å². The lowest BCUT2D eigenvalue weighted by molar-refractivity contribution is -0.130. The van der Waals surface area contributed by atoms with Crippen molar-refractivity contribution in [2.75, 3.05) is 27.9 Å². The van der Waals surface area contributed by atoms with Crippen molar-refractivity contribution in [2.24, 2.45) is 0 Å². The van der Waals surface area contributed by atoms with Gasteiger partial charge in [-0.2, -0.15) is 0 Å². The van der Waals surface area contributed by atoms with Gasteiger partial charge >= 0.3 is 0 Å². The van der Waals surface area contributed by atoms with Gasteiger partial charge in [0.1, 0.15) is 0 Å². The van der Waals surface area contributed by atoms with E-state index >= 15 is 0 Å². The average molecular weight is 458 g/mol. The molecule has 1 heterocycles. The van der Waals surface area contributed by atoms with Crippen molar-refractivity contribution in [3.63, 3.8) is 0 Å². The monoisotopic (exact) mass is 457 g/mol. The summed E-state index contributed by atoms with van der Waals surface area (Å²) in [6.07, 6.45) is 0. The molecule has 0 spiro atoms. The Bertz CT molecular complexity index is 1020. The highest BCUT2D eigenvalue weighted by Gasteiger charge is 2.24. The largest absolute Gasteiger partial charge is 0.493 e. The predicted octanol–water partition coefficient (Wildman–Crippen LogP) is 4.29. The number of benzene rings is 2. The summed E-state index contributed by atoms with van der Waals surface area (Å²) in [5.41, 5.74) is 1.71. The lowest BCUT2D eigenvalue weighted by atomic mass is 10.2. The highest BCUT2D eigenvalue weighted by Crippen LogP contribution is 2.41. The van der Waals surface area contributed by atoms with Crippen LogP contribution >= 0.6 is 11.8 Å². The molecule has 1 amide bonds. The Balaban J connectivity index is 1.73. The molecule has 9 heteroatoms. The molecule has 8 nitrogen and oxygen atoms in total. The highest BCUT2D eigenvalue weighted by atomic mass is 32.2. The fraction of sp³-hybridized carbons (Fsp3) is 0.348. The van der Waals surface area contributed by atoms with Crippen molar-refractivity contribution in [3.05, 3.63) is 48.0 Å². The molecule has 0 aliphatic carbocycles. The van der Waals surface area contributed by atoms with E-state index in [1.807, 2.05) is 49.1 Å². The second-order valence-corrected chi connectivity index (χ2v) is 8.18. The van der Waals surface area contributed by atoms with E-state index < -0.39 is 0 Å². The normalized spacial score (nSPS) is 11.7. The molecule has 1 unspecified atom stereocenters. The Morgan fingerprint density at radius 1 is 1.06 bits per heavy atom. The Hall–Kier alpha value is -3.20. The number of hydrogen-bond donors (Lipinski definition) is 0. The maximum Gasteiger partial charge on any atom is 0.277 e. The quantitative estimate of drug-likeness (QED) is 0.417. The minimum Gasteiger partial charge on any atom is -0.493 e. The van der Waals surface area contributed by atoms with Crippen LogP contribution in [0.25, 0.3) is 11.5 Å². The molecule has 0 saturated heterocycles. The second-order valence-electron chi connectivity index (χ2n) is 6.89. The molecule has 3 aromatic rings. The average Bonchev–Trinajstić information content (AvgIpc) is 3.30. The van der Waals surface area contributed by atoms with Crippen molar-refractivity contribution >= 4 is 17.7 Å². The lowest BCUT2D eigenvalue weighted by Gasteiger charge is -2.23. The van der Waals surface area contributed by atoms with E-state index in [4.69, 9.17) is 18.6 Å². The van der Waals surface area contributed by atoms with Crippen molar-refractivity contribution in [1.82, 2.24) is 15.1 Å². The van der Waals surface area contributed by atoms with Crippen molar-refractivity contribution < 1.29 is 23.4 Å². The summed E-state index contributed by atoms with van der Waals surface area (Å²) in [5.74, 6) is 1.75. The first-order chi connectivity index (χ1) is 15.5. The summed E-state index contributed by atoms with van der Waals surface area (Å²) < 4.78 is 21.9. The highest BCUT2D eigenvalue weighted by molar-refractivity contribution is 8.00. The Morgan fingerprint density at radius 2 is 1.72 bits per heavy atom. The first-order valence-electron chi connectivity index (χ1n) is 10.1. The van der Waals surface area contributed by atoms with E-state index in [9.17, 15) is 4.79 Å². The molecule has 170 valence electrons. The number of rotatable bonds is 10.